The van der Waals surface area contributed by atoms with Crippen molar-refractivity contribution in [1.29, 1.82) is 0 Å². The van der Waals surface area contributed by atoms with Gasteiger partial charge in [-0.3, -0.25) is 9.59 Å². The number of aryl methyl sites for hydroxylation is 1. The molecule has 5 nitrogen and oxygen atoms in total. The minimum absolute atomic E-state index is 0.0635. The summed E-state index contributed by atoms with van der Waals surface area (Å²) in [7, 11) is 0. The fraction of sp³-hybridized carbons (Fsp3) is 0.429. The number of amides is 1. The van der Waals surface area contributed by atoms with Crippen molar-refractivity contribution >= 4 is 17.6 Å². The van der Waals surface area contributed by atoms with Crippen LogP contribution in [0, 0.1) is 6.92 Å². The first-order valence-corrected chi connectivity index (χ1v) is 6.37. The predicted octanol–water partition coefficient (Wildman–Crippen LogP) is 1.78. The smallest absolute Gasteiger partial charge is 0.303 e. The number of anilines is 1. The lowest BCUT2D eigenvalue weighted by molar-refractivity contribution is -0.137. The number of benzene rings is 1. The summed E-state index contributed by atoms with van der Waals surface area (Å²) in [6.45, 7) is 2.99. The monoisotopic (exact) mass is 264 g/mol. The predicted molar refractivity (Wildman–Crippen MR) is 74.2 cm³/mol. The van der Waals surface area contributed by atoms with Gasteiger partial charge in [0.15, 0.2) is 0 Å². The van der Waals surface area contributed by atoms with Gasteiger partial charge in [0.1, 0.15) is 0 Å². The number of carboxylic acid groups (broad SMARTS) is 1. The van der Waals surface area contributed by atoms with E-state index in [1.54, 1.807) is 0 Å². The summed E-state index contributed by atoms with van der Waals surface area (Å²) in [6, 6.07) is 7.89. The number of carboxylic acids is 1. The summed E-state index contributed by atoms with van der Waals surface area (Å²) in [5.41, 5.74) is 2.17. The number of rotatable bonds is 8. The molecule has 1 rings (SSSR count). The lowest BCUT2D eigenvalue weighted by Gasteiger charge is -2.09. The summed E-state index contributed by atoms with van der Waals surface area (Å²) in [4.78, 5) is 21.7. The van der Waals surface area contributed by atoms with Crippen molar-refractivity contribution in [3.63, 3.8) is 0 Å². The number of aliphatic carboxylic acids is 1. The Hall–Kier alpha value is -2.04. The van der Waals surface area contributed by atoms with E-state index in [1.807, 2.05) is 31.2 Å². The van der Waals surface area contributed by atoms with Gasteiger partial charge in [0, 0.05) is 31.6 Å². The summed E-state index contributed by atoms with van der Waals surface area (Å²) >= 11 is 0. The first-order chi connectivity index (χ1) is 9.09. The van der Waals surface area contributed by atoms with Gasteiger partial charge < -0.3 is 15.7 Å². The topological polar surface area (TPSA) is 78.4 Å². The number of hydrogen-bond acceptors (Lipinski definition) is 3. The zero-order chi connectivity index (χ0) is 14.1. The molecule has 5 heteroatoms. The van der Waals surface area contributed by atoms with Gasteiger partial charge in [-0.05, 0) is 25.0 Å². The highest BCUT2D eigenvalue weighted by atomic mass is 16.4. The van der Waals surface area contributed by atoms with E-state index in [4.69, 9.17) is 5.11 Å². The fourth-order valence-electron chi connectivity index (χ4n) is 1.64. The van der Waals surface area contributed by atoms with E-state index in [1.165, 1.54) is 0 Å². The van der Waals surface area contributed by atoms with Gasteiger partial charge in [-0.15, -0.1) is 0 Å². The Morgan fingerprint density at radius 3 is 2.58 bits per heavy atom. The van der Waals surface area contributed by atoms with Gasteiger partial charge in [-0.2, -0.15) is 0 Å². The second-order valence-electron chi connectivity index (χ2n) is 4.34. The molecule has 0 aliphatic heterocycles. The number of carbonyl (C=O) groups excluding carboxylic acids is 1. The number of hydrogen-bond donors (Lipinski definition) is 3. The molecule has 0 aromatic heterocycles. The van der Waals surface area contributed by atoms with Crippen LogP contribution in [0.5, 0.6) is 0 Å². The highest BCUT2D eigenvalue weighted by Crippen LogP contribution is 2.12. The van der Waals surface area contributed by atoms with E-state index in [9.17, 15) is 9.59 Å². The molecule has 0 fully saturated rings. The molecule has 0 aliphatic rings. The maximum absolute atomic E-state index is 11.5. The maximum atomic E-state index is 11.5. The zero-order valence-electron chi connectivity index (χ0n) is 11.1. The molecule has 0 unspecified atom stereocenters. The van der Waals surface area contributed by atoms with E-state index < -0.39 is 5.97 Å². The van der Waals surface area contributed by atoms with Crippen LogP contribution in [0.3, 0.4) is 0 Å². The van der Waals surface area contributed by atoms with Crippen molar-refractivity contribution in [1.82, 2.24) is 5.32 Å². The van der Waals surface area contributed by atoms with Crippen molar-refractivity contribution in [3.8, 4) is 0 Å². The van der Waals surface area contributed by atoms with Crippen LogP contribution in [0.1, 0.15) is 24.8 Å². The van der Waals surface area contributed by atoms with Crippen molar-refractivity contribution in [3.05, 3.63) is 29.8 Å². The van der Waals surface area contributed by atoms with Crippen LogP contribution in [0.4, 0.5) is 5.69 Å². The quantitative estimate of drug-likeness (QED) is 0.625. The van der Waals surface area contributed by atoms with Gasteiger partial charge in [-0.1, -0.05) is 18.2 Å². The molecule has 1 amide bonds. The summed E-state index contributed by atoms with van der Waals surface area (Å²) in [5.74, 6) is -0.901. The number of carbonyl (C=O) groups is 2. The van der Waals surface area contributed by atoms with Crippen LogP contribution in [0.15, 0.2) is 24.3 Å². The molecule has 0 radical (unpaired) electrons. The van der Waals surface area contributed by atoms with Gasteiger partial charge in [0.2, 0.25) is 5.91 Å². The van der Waals surface area contributed by atoms with Crippen LogP contribution >= 0.6 is 0 Å². The van der Waals surface area contributed by atoms with E-state index >= 15 is 0 Å². The molecule has 0 saturated carbocycles. The number of nitrogens with one attached hydrogen (secondary N) is 2. The maximum Gasteiger partial charge on any atom is 0.303 e. The Balaban J connectivity index is 2.14. The Labute approximate surface area is 113 Å². The molecule has 1 aromatic rings. The number of para-hydroxylation sites is 1. The average Bonchev–Trinajstić information content (AvgIpc) is 2.37. The van der Waals surface area contributed by atoms with Gasteiger partial charge in [0.05, 0.1) is 0 Å². The van der Waals surface area contributed by atoms with E-state index in [0.717, 1.165) is 11.3 Å². The molecule has 0 saturated heterocycles. The van der Waals surface area contributed by atoms with E-state index in [0.29, 0.717) is 25.9 Å². The van der Waals surface area contributed by atoms with E-state index in [2.05, 4.69) is 10.6 Å². The van der Waals surface area contributed by atoms with Crippen LogP contribution in [0.25, 0.3) is 0 Å². The summed E-state index contributed by atoms with van der Waals surface area (Å²) in [6.07, 6.45) is 0.926. The molecule has 104 valence electrons. The van der Waals surface area contributed by atoms with Crippen LogP contribution in [0.2, 0.25) is 0 Å². The third-order valence-electron chi connectivity index (χ3n) is 2.70. The molecule has 19 heavy (non-hydrogen) atoms. The van der Waals surface area contributed by atoms with Crippen molar-refractivity contribution in [2.24, 2.45) is 0 Å². The third kappa shape index (κ3) is 6.45. The van der Waals surface area contributed by atoms with E-state index in [-0.39, 0.29) is 12.3 Å². The molecule has 1 aromatic carbocycles. The lowest BCUT2D eigenvalue weighted by atomic mass is 10.2. The minimum atomic E-state index is -0.838. The first-order valence-electron chi connectivity index (χ1n) is 6.37. The highest BCUT2D eigenvalue weighted by molar-refractivity contribution is 5.76. The second kappa shape index (κ2) is 8.13. The SMILES string of the molecule is Cc1ccccc1NCCC(=O)NCCCC(=O)O. The zero-order valence-corrected chi connectivity index (χ0v) is 11.1. The Morgan fingerprint density at radius 1 is 1.16 bits per heavy atom. The molecule has 0 bridgehead atoms. The van der Waals surface area contributed by atoms with Crippen molar-refractivity contribution in [2.45, 2.75) is 26.2 Å². The second-order valence-corrected chi connectivity index (χ2v) is 4.34. The van der Waals surface area contributed by atoms with Crippen molar-refractivity contribution in [2.75, 3.05) is 18.4 Å². The standard InChI is InChI=1S/C14H20N2O3/c1-11-5-2-3-6-12(11)15-10-8-13(17)16-9-4-7-14(18)19/h2-3,5-6,15H,4,7-10H2,1H3,(H,16,17)(H,18,19). The van der Waals surface area contributed by atoms with Crippen molar-refractivity contribution < 1.29 is 14.7 Å². The average molecular weight is 264 g/mol. The van der Waals surface area contributed by atoms with Gasteiger partial charge in [0.25, 0.3) is 0 Å². The normalized spacial score (nSPS) is 9.95. The summed E-state index contributed by atoms with van der Waals surface area (Å²) < 4.78 is 0. The molecule has 0 atom stereocenters. The van der Waals surface area contributed by atoms with Gasteiger partial charge >= 0.3 is 5.97 Å². The Kier molecular flexibility index (Phi) is 6.43. The van der Waals surface area contributed by atoms with Crippen LogP contribution in [-0.2, 0) is 9.59 Å². The molecule has 0 heterocycles. The molecule has 0 aliphatic carbocycles. The first kappa shape index (κ1) is 15.0. The molecular weight excluding hydrogens is 244 g/mol. The fourth-order valence-corrected chi connectivity index (χ4v) is 1.64. The molecular formula is C14H20N2O3. The largest absolute Gasteiger partial charge is 0.481 e. The Morgan fingerprint density at radius 2 is 1.89 bits per heavy atom. The minimum Gasteiger partial charge on any atom is -0.481 e. The molecule has 3 N–H and O–H groups in total. The van der Waals surface area contributed by atoms with Crippen LogP contribution in [-0.4, -0.2) is 30.1 Å². The van der Waals surface area contributed by atoms with Crippen LogP contribution < -0.4 is 10.6 Å². The Bertz CT molecular complexity index is 432. The molecule has 0 spiro atoms. The lowest BCUT2D eigenvalue weighted by Crippen LogP contribution is -2.26. The summed E-state index contributed by atoms with van der Waals surface area (Å²) in [5, 5.41) is 14.3. The third-order valence-corrected chi connectivity index (χ3v) is 2.70. The highest BCUT2D eigenvalue weighted by Gasteiger charge is 2.02. The van der Waals surface area contributed by atoms with Gasteiger partial charge in [-0.25, -0.2) is 0 Å².